The Hall–Kier alpha value is -2.80. The van der Waals surface area contributed by atoms with Crippen molar-refractivity contribution in [1.82, 2.24) is 0 Å². The number of hydrogen-bond acceptors (Lipinski definition) is 1. The molecule has 1 heteroatoms. The van der Waals surface area contributed by atoms with E-state index in [0.717, 1.165) is 0 Å². The van der Waals surface area contributed by atoms with E-state index in [9.17, 15) is 0 Å². The van der Waals surface area contributed by atoms with E-state index in [1.165, 1.54) is 22.5 Å². The molecule has 22 heavy (non-hydrogen) atoms. The lowest BCUT2D eigenvalue weighted by Gasteiger charge is -2.19. The zero-order chi connectivity index (χ0) is 15.2. The molecule has 0 N–H and O–H groups in total. The largest absolute Gasteiger partial charge is 0.345 e. The monoisotopic (exact) mass is 285 g/mol. The summed E-state index contributed by atoms with van der Waals surface area (Å²) in [6.07, 6.45) is 4.29. The molecule has 0 aliphatic heterocycles. The summed E-state index contributed by atoms with van der Waals surface area (Å²) < 4.78 is 0. The second-order valence-electron chi connectivity index (χ2n) is 5.23. The minimum Gasteiger partial charge on any atom is -0.345 e. The molecule has 0 aliphatic rings. The molecule has 0 radical (unpaired) electrons. The van der Waals surface area contributed by atoms with Crippen molar-refractivity contribution < 1.29 is 0 Å². The summed E-state index contributed by atoms with van der Waals surface area (Å²) in [5, 5.41) is 0. The average molecular weight is 285 g/mol. The lowest BCUT2D eigenvalue weighted by atomic mass is 10.1. The summed E-state index contributed by atoms with van der Waals surface area (Å²) in [6.45, 7) is 0. The molecular formula is C21H19N. The van der Waals surface area contributed by atoms with Crippen molar-refractivity contribution in [2.45, 2.75) is 0 Å². The van der Waals surface area contributed by atoms with E-state index < -0.39 is 0 Å². The summed E-state index contributed by atoms with van der Waals surface area (Å²) in [5.41, 5.74) is 4.78. The highest BCUT2D eigenvalue weighted by Gasteiger charge is 2.02. The molecule has 0 saturated heterocycles. The van der Waals surface area contributed by atoms with E-state index in [2.05, 4.69) is 96.9 Å². The van der Waals surface area contributed by atoms with Crippen molar-refractivity contribution in [1.29, 1.82) is 0 Å². The van der Waals surface area contributed by atoms with Crippen LogP contribution in [0.15, 0.2) is 84.9 Å². The van der Waals surface area contributed by atoms with Crippen molar-refractivity contribution in [3.05, 3.63) is 96.1 Å². The third-order valence-corrected chi connectivity index (χ3v) is 3.67. The highest BCUT2D eigenvalue weighted by molar-refractivity contribution is 5.73. The van der Waals surface area contributed by atoms with Crippen LogP contribution in [0, 0.1) is 0 Å². The Morgan fingerprint density at radius 2 is 1.14 bits per heavy atom. The Kier molecular flexibility index (Phi) is 4.35. The highest BCUT2D eigenvalue weighted by atomic mass is 15.1. The predicted octanol–water partition coefficient (Wildman–Crippen LogP) is 5.62. The van der Waals surface area contributed by atoms with Gasteiger partial charge in [-0.05, 0) is 35.4 Å². The van der Waals surface area contributed by atoms with Crippen LogP contribution in [0.2, 0.25) is 0 Å². The van der Waals surface area contributed by atoms with Crippen molar-refractivity contribution >= 4 is 23.5 Å². The second-order valence-corrected chi connectivity index (χ2v) is 5.23. The molecule has 0 bridgehead atoms. The number of nitrogens with zero attached hydrogens (tertiary/aromatic N) is 1. The first-order valence-electron chi connectivity index (χ1n) is 7.45. The predicted molar refractivity (Wildman–Crippen MR) is 96.3 cm³/mol. The number of anilines is 2. The van der Waals surface area contributed by atoms with Gasteiger partial charge < -0.3 is 4.90 Å². The fourth-order valence-electron chi connectivity index (χ4n) is 2.39. The summed E-state index contributed by atoms with van der Waals surface area (Å²) >= 11 is 0. The summed E-state index contributed by atoms with van der Waals surface area (Å²) in [4.78, 5) is 2.19. The highest BCUT2D eigenvalue weighted by Crippen LogP contribution is 2.24. The van der Waals surface area contributed by atoms with Gasteiger partial charge in [-0.3, -0.25) is 0 Å². The second kappa shape index (κ2) is 6.77. The van der Waals surface area contributed by atoms with Gasteiger partial charge in [0.2, 0.25) is 0 Å². The van der Waals surface area contributed by atoms with Gasteiger partial charge in [0, 0.05) is 18.4 Å². The average Bonchev–Trinajstić information content (AvgIpc) is 2.61. The zero-order valence-electron chi connectivity index (χ0n) is 12.7. The minimum absolute atomic E-state index is 1.18. The van der Waals surface area contributed by atoms with Crippen LogP contribution in [0.4, 0.5) is 11.4 Å². The van der Waals surface area contributed by atoms with Gasteiger partial charge in [0.15, 0.2) is 0 Å². The standard InChI is InChI=1S/C21H19N/c1-22(20-12-6-3-7-13-20)21-14-8-11-19(17-21)16-15-18-9-4-2-5-10-18/h2-17H,1H3. The number of rotatable bonds is 4. The molecule has 0 spiro atoms. The van der Waals surface area contributed by atoms with Crippen LogP contribution in [-0.2, 0) is 0 Å². The first-order valence-corrected chi connectivity index (χ1v) is 7.45. The van der Waals surface area contributed by atoms with E-state index in [0.29, 0.717) is 0 Å². The van der Waals surface area contributed by atoms with Crippen LogP contribution in [0.25, 0.3) is 12.2 Å². The number of benzene rings is 3. The molecule has 3 aromatic rings. The van der Waals surface area contributed by atoms with E-state index in [4.69, 9.17) is 0 Å². The van der Waals surface area contributed by atoms with Gasteiger partial charge in [-0.1, -0.05) is 72.8 Å². The maximum atomic E-state index is 2.20. The van der Waals surface area contributed by atoms with Gasteiger partial charge in [-0.25, -0.2) is 0 Å². The Balaban J connectivity index is 1.82. The van der Waals surface area contributed by atoms with Crippen LogP contribution < -0.4 is 4.90 Å². The molecule has 1 nitrogen and oxygen atoms in total. The molecular weight excluding hydrogens is 266 g/mol. The van der Waals surface area contributed by atoms with E-state index in [-0.39, 0.29) is 0 Å². The molecule has 0 amide bonds. The van der Waals surface area contributed by atoms with Gasteiger partial charge in [-0.15, -0.1) is 0 Å². The maximum Gasteiger partial charge on any atom is 0.0414 e. The molecule has 0 saturated carbocycles. The zero-order valence-corrected chi connectivity index (χ0v) is 12.7. The summed E-state index contributed by atoms with van der Waals surface area (Å²) in [6, 6.07) is 29.3. The third-order valence-electron chi connectivity index (χ3n) is 3.67. The normalized spacial score (nSPS) is 10.8. The molecule has 0 atom stereocenters. The Morgan fingerprint density at radius 1 is 0.591 bits per heavy atom. The van der Waals surface area contributed by atoms with Crippen LogP contribution in [-0.4, -0.2) is 7.05 Å². The molecule has 3 aromatic carbocycles. The Bertz CT molecular complexity index is 745. The maximum absolute atomic E-state index is 2.20. The number of hydrogen-bond donors (Lipinski definition) is 0. The molecule has 0 unspecified atom stereocenters. The first-order chi connectivity index (χ1) is 10.8. The SMILES string of the molecule is CN(c1ccccc1)c1cccc(C=Cc2ccccc2)c1. The topological polar surface area (TPSA) is 3.24 Å². The molecule has 0 aromatic heterocycles. The third kappa shape index (κ3) is 3.44. The molecule has 0 fully saturated rings. The van der Waals surface area contributed by atoms with E-state index >= 15 is 0 Å². The lowest BCUT2D eigenvalue weighted by molar-refractivity contribution is 1.21. The molecule has 0 aliphatic carbocycles. The van der Waals surface area contributed by atoms with Crippen molar-refractivity contribution in [2.24, 2.45) is 0 Å². The smallest absolute Gasteiger partial charge is 0.0414 e. The van der Waals surface area contributed by atoms with Gasteiger partial charge in [0.25, 0.3) is 0 Å². The Labute approximate surface area is 132 Å². The van der Waals surface area contributed by atoms with E-state index in [1.807, 2.05) is 12.1 Å². The van der Waals surface area contributed by atoms with Gasteiger partial charge >= 0.3 is 0 Å². The molecule has 0 heterocycles. The fourth-order valence-corrected chi connectivity index (χ4v) is 2.39. The fraction of sp³-hybridized carbons (Fsp3) is 0.0476. The van der Waals surface area contributed by atoms with Crippen LogP contribution in [0.5, 0.6) is 0 Å². The quantitative estimate of drug-likeness (QED) is 0.562. The van der Waals surface area contributed by atoms with Gasteiger partial charge in [0.05, 0.1) is 0 Å². The summed E-state index contributed by atoms with van der Waals surface area (Å²) in [5.74, 6) is 0. The van der Waals surface area contributed by atoms with Crippen LogP contribution in [0.1, 0.15) is 11.1 Å². The van der Waals surface area contributed by atoms with Crippen molar-refractivity contribution in [3.8, 4) is 0 Å². The van der Waals surface area contributed by atoms with Gasteiger partial charge in [-0.2, -0.15) is 0 Å². The van der Waals surface area contributed by atoms with Crippen LogP contribution >= 0.6 is 0 Å². The van der Waals surface area contributed by atoms with E-state index in [1.54, 1.807) is 0 Å². The minimum atomic E-state index is 1.18. The first kappa shape index (κ1) is 14.2. The molecule has 108 valence electrons. The van der Waals surface area contributed by atoms with Crippen molar-refractivity contribution in [3.63, 3.8) is 0 Å². The lowest BCUT2D eigenvalue weighted by Crippen LogP contribution is -2.08. The molecule has 3 rings (SSSR count). The van der Waals surface area contributed by atoms with Crippen molar-refractivity contribution in [2.75, 3.05) is 11.9 Å². The van der Waals surface area contributed by atoms with Gasteiger partial charge in [0.1, 0.15) is 0 Å². The number of para-hydroxylation sites is 1. The van der Waals surface area contributed by atoms with Crippen LogP contribution in [0.3, 0.4) is 0 Å². The summed E-state index contributed by atoms with van der Waals surface area (Å²) in [7, 11) is 2.09. The Morgan fingerprint density at radius 3 is 1.86 bits per heavy atom.